The van der Waals surface area contributed by atoms with Crippen LogP contribution >= 0.6 is 0 Å². The van der Waals surface area contributed by atoms with E-state index in [1.807, 2.05) is 0 Å². The first-order valence-electron chi connectivity index (χ1n) is 32.7. The number of nitrogens with zero attached hydrogens (tertiary/aromatic N) is 2. The lowest BCUT2D eigenvalue weighted by Crippen LogP contribution is -2.25. The first-order valence-corrected chi connectivity index (χ1v) is 32.7. The second kappa shape index (κ2) is 20.9. The highest BCUT2D eigenvalue weighted by molar-refractivity contribution is 6.01. The van der Waals surface area contributed by atoms with Gasteiger partial charge in [0.05, 0.1) is 5.41 Å². The van der Waals surface area contributed by atoms with Crippen molar-refractivity contribution in [3.05, 3.63) is 372 Å². The van der Waals surface area contributed by atoms with Crippen LogP contribution in [-0.2, 0) is 16.2 Å². The van der Waals surface area contributed by atoms with Gasteiger partial charge in [0.25, 0.3) is 0 Å². The molecular formula is C91H66N2. The zero-order valence-electron chi connectivity index (χ0n) is 52.6. The molecule has 0 atom stereocenters. The van der Waals surface area contributed by atoms with Gasteiger partial charge in [-0.15, -0.1) is 0 Å². The normalized spacial score (nSPS) is 14.1. The topological polar surface area (TPSA) is 6.48 Å². The summed E-state index contributed by atoms with van der Waals surface area (Å²) in [5.41, 5.74) is 36.6. The molecule has 0 heterocycles. The van der Waals surface area contributed by atoms with Crippen molar-refractivity contribution in [1.29, 1.82) is 0 Å². The van der Waals surface area contributed by atoms with Crippen LogP contribution in [0.15, 0.2) is 328 Å². The Bertz CT molecular complexity index is 5240. The van der Waals surface area contributed by atoms with Gasteiger partial charge in [-0.3, -0.25) is 0 Å². The molecule has 2 nitrogen and oxygen atoms in total. The van der Waals surface area contributed by atoms with Crippen molar-refractivity contribution >= 4 is 34.1 Å². The highest BCUT2D eigenvalue weighted by atomic mass is 15.1. The molecule has 0 fully saturated rings. The fourth-order valence-electron chi connectivity index (χ4n) is 16.6. The summed E-state index contributed by atoms with van der Waals surface area (Å²) in [6, 6.07) is 123. The van der Waals surface area contributed by atoms with E-state index in [9.17, 15) is 0 Å². The van der Waals surface area contributed by atoms with Gasteiger partial charge in [-0.1, -0.05) is 276 Å². The summed E-state index contributed by atoms with van der Waals surface area (Å²) in [7, 11) is 0. The molecule has 440 valence electrons. The van der Waals surface area contributed by atoms with Gasteiger partial charge in [0.15, 0.2) is 0 Å². The molecule has 0 radical (unpaired) electrons. The summed E-state index contributed by atoms with van der Waals surface area (Å²) in [6.07, 6.45) is 0. The fourth-order valence-corrected chi connectivity index (χ4v) is 16.6. The van der Waals surface area contributed by atoms with Gasteiger partial charge in [0.1, 0.15) is 0 Å². The van der Waals surface area contributed by atoms with Gasteiger partial charge in [-0.25, -0.2) is 0 Å². The number of anilines is 6. The lowest BCUT2D eigenvalue weighted by atomic mass is 9.70. The van der Waals surface area contributed by atoms with Crippen LogP contribution in [0.1, 0.15) is 72.2 Å². The van der Waals surface area contributed by atoms with E-state index in [1.54, 1.807) is 0 Å². The smallest absolute Gasteiger partial charge is 0.0725 e. The zero-order chi connectivity index (χ0) is 62.2. The molecule has 0 aromatic heterocycles. The van der Waals surface area contributed by atoms with Crippen LogP contribution < -0.4 is 9.80 Å². The molecule has 0 N–H and O–H groups in total. The van der Waals surface area contributed by atoms with Gasteiger partial charge in [0, 0.05) is 45.0 Å². The van der Waals surface area contributed by atoms with Gasteiger partial charge in [-0.05, 0) is 212 Å². The third-order valence-electron chi connectivity index (χ3n) is 21.1. The molecule has 0 amide bonds. The lowest BCUT2D eigenvalue weighted by molar-refractivity contribution is 0.660. The quantitative estimate of drug-likeness (QED) is 0.135. The number of fused-ring (bicyclic) bond motifs is 16. The molecule has 4 aliphatic carbocycles. The molecule has 1 spiro atoms. The van der Waals surface area contributed by atoms with Crippen LogP contribution in [-0.4, -0.2) is 0 Å². The Labute approximate surface area is 545 Å². The van der Waals surface area contributed by atoms with Crippen molar-refractivity contribution < 1.29 is 0 Å². The third-order valence-corrected chi connectivity index (χ3v) is 21.1. The van der Waals surface area contributed by atoms with E-state index >= 15 is 0 Å². The van der Waals surface area contributed by atoms with Gasteiger partial charge in [-0.2, -0.15) is 0 Å². The lowest BCUT2D eigenvalue weighted by Gasteiger charge is -2.31. The average molecular weight is 1190 g/mol. The first-order chi connectivity index (χ1) is 45.6. The van der Waals surface area contributed by atoms with Crippen molar-refractivity contribution in [3.63, 3.8) is 0 Å². The summed E-state index contributed by atoms with van der Waals surface area (Å²) < 4.78 is 0. The van der Waals surface area contributed by atoms with Crippen LogP contribution in [0.4, 0.5) is 34.1 Å². The van der Waals surface area contributed by atoms with E-state index in [0.717, 1.165) is 34.1 Å². The minimum atomic E-state index is -0.544. The molecule has 0 bridgehead atoms. The maximum Gasteiger partial charge on any atom is 0.0725 e. The number of benzene rings is 14. The Balaban J connectivity index is 0.750. The molecule has 14 aromatic rings. The van der Waals surface area contributed by atoms with Crippen molar-refractivity contribution in [2.24, 2.45) is 0 Å². The zero-order valence-corrected chi connectivity index (χ0v) is 52.6. The minimum Gasteiger partial charge on any atom is -0.310 e. The van der Waals surface area contributed by atoms with Gasteiger partial charge in [0.2, 0.25) is 0 Å². The van der Waals surface area contributed by atoms with Crippen molar-refractivity contribution in [2.75, 3.05) is 9.80 Å². The molecule has 0 saturated carbocycles. The van der Waals surface area contributed by atoms with Gasteiger partial charge < -0.3 is 9.80 Å². The van der Waals surface area contributed by atoms with Crippen LogP contribution in [0, 0.1) is 0 Å². The maximum atomic E-state index is 2.52. The number of rotatable bonds is 10. The van der Waals surface area contributed by atoms with E-state index in [-0.39, 0.29) is 10.8 Å². The standard InChI is InChI=1S/C91H66N2/c1-89(2)80-29-15-11-24-73(80)77-54-51-70(57-85(77)89)92(66-43-34-61(35-44-66)59-20-7-5-8-21-59)68-47-38-63(39-48-68)65-42-53-79-87(56-65)91(82-31-17-13-26-75(82)76-27-14-18-32-83(76)91)84-33-19-28-72(88(79)84)64-40-49-69(50-41-64)93(67-45-36-62(37-46-67)60-22-9-6-10-23-60)71-52-55-78-74-25-12-16-30-81(74)90(3,4)86(78)58-71/h5-58H,1-4H3. The highest BCUT2D eigenvalue weighted by Gasteiger charge is 2.52. The van der Waals surface area contributed by atoms with Gasteiger partial charge >= 0.3 is 0 Å². The fraction of sp³-hybridized carbons (Fsp3) is 0.0769. The second-order valence-corrected chi connectivity index (χ2v) is 26.7. The number of hydrogen-bond donors (Lipinski definition) is 0. The molecule has 4 aliphatic rings. The Hall–Kier alpha value is -11.3. The Kier molecular flexibility index (Phi) is 12.3. The predicted molar refractivity (Wildman–Crippen MR) is 389 cm³/mol. The molecule has 14 aromatic carbocycles. The molecule has 0 unspecified atom stereocenters. The summed E-state index contributed by atoms with van der Waals surface area (Å²) in [5, 5.41) is 0. The highest BCUT2D eigenvalue weighted by Crippen LogP contribution is 2.65. The molecule has 93 heavy (non-hydrogen) atoms. The van der Waals surface area contributed by atoms with Crippen molar-refractivity contribution in [3.8, 4) is 89.0 Å². The van der Waals surface area contributed by atoms with Crippen LogP contribution in [0.25, 0.3) is 89.0 Å². The van der Waals surface area contributed by atoms with E-state index in [2.05, 4.69) is 365 Å². The van der Waals surface area contributed by atoms with Crippen LogP contribution in [0.5, 0.6) is 0 Å². The predicted octanol–water partition coefficient (Wildman–Crippen LogP) is 24.3. The Morgan fingerprint density at radius 1 is 0.183 bits per heavy atom. The Morgan fingerprint density at radius 2 is 0.484 bits per heavy atom. The molecular weight excluding hydrogens is 1120 g/mol. The molecule has 0 aliphatic heterocycles. The molecule has 18 rings (SSSR count). The van der Waals surface area contributed by atoms with Crippen molar-refractivity contribution in [1.82, 2.24) is 0 Å². The van der Waals surface area contributed by atoms with E-state index in [1.165, 1.54) is 134 Å². The molecule has 2 heteroatoms. The largest absolute Gasteiger partial charge is 0.310 e. The van der Waals surface area contributed by atoms with E-state index < -0.39 is 5.41 Å². The summed E-state index contributed by atoms with van der Waals surface area (Å²) in [5.74, 6) is 0. The summed E-state index contributed by atoms with van der Waals surface area (Å²) in [4.78, 5) is 4.87. The SMILES string of the molecule is CC1(C)c2ccccc2-c2ccc(N(c3ccc(-c4ccccc4)cc3)c3ccc(-c4ccc5c(c4)C4(c6ccccc6-c6ccccc64)c4cccc(-c6ccc(N(c7ccc(-c8ccccc8)cc7)c7ccc8c(c7)C(C)(C)c7ccccc7-8)cc6)c4-5)cc3)cc21. The van der Waals surface area contributed by atoms with E-state index in [0.29, 0.717) is 0 Å². The van der Waals surface area contributed by atoms with Crippen molar-refractivity contribution in [2.45, 2.75) is 43.9 Å². The molecule has 0 saturated heterocycles. The van der Waals surface area contributed by atoms with E-state index in [4.69, 9.17) is 0 Å². The average Bonchev–Trinajstić information content (AvgIpc) is 1.51. The third kappa shape index (κ3) is 8.27. The van der Waals surface area contributed by atoms with Crippen LogP contribution in [0.2, 0.25) is 0 Å². The number of hydrogen-bond acceptors (Lipinski definition) is 2. The monoisotopic (exact) mass is 1190 g/mol. The van der Waals surface area contributed by atoms with Crippen LogP contribution in [0.3, 0.4) is 0 Å². The Morgan fingerprint density at radius 3 is 0.925 bits per heavy atom. The summed E-state index contributed by atoms with van der Waals surface area (Å²) >= 11 is 0. The summed E-state index contributed by atoms with van der Waals surface area (Å²) in [6.45, 7) is 9.47. The first kappa shape index (κ1) is 54.6. The minimum absolute atomic E-state index is 0.139. The second-order valence-electron chi connectivity index (χ2n) is 26.7. The maximum absolute atomic E-state index is 2.52.